The van der Waals surface area contributed by atoms with E-state index in [2.05, 4.69) is 36.8 Å². The van der Waals surface area contributed by atoms with E-state index >= 15 is 0 Å². The molecule has 1 aromatic carbocycles. The van der Waals surface area contributed by atoms with Crippen molar-refractivity contribution in [2.24, 2.45) is 0 Å². The van der Waals surface area contributed by atoms with Gasteiger partial charge in [-0.1, -0.05) is 27.3 Å². The van der Waals surface area contributed by atoms with Crippen molar-refractivity contribution in [1.29, 1.82) is 0 Å². The number of hydrogen-bond donors (Lipinski definition) is 0. The summed E-state index contributed by atoms with van der Waals surface area (Å²) in [6, 6.07) is 5.73. The predicted molar refractivity (Wildman–Crippen MR) is 70.2 cm³/mol. The molecule has 1 aromatic rings. The molecule has 0 spiro atoms. The van der Waals surface area contributed by atoms with Crippen molar-refractivity contribution >= 4 is 54.2 Å². The van der Waals surface area contributed by atoms with Crippen LogP contribution in [0.5, 0.6) is 0 Å². The Hall–Kier alpha value is -0.720. The lowest BCUT2D eigenvalue weighted by molar-refractivity contribution is 0.601. The Labute approximate surface area is 111 Å². The SMILES string of the molecule is O=c1nc2oc3c(Br)cc(Br)cc3cc-2s1. The second-order valence-corrected chi connectivity index (χ2v) is 5.96. The van der Waals surface area contributed by atoms with Gasteiger partial charge in [-0.15, -0.1) is 0 Å². The minimum atomic E-state index is -0.232. The zero-order valence-electron chi connectivity index (χ0n) is 7.66. The van der Waals surface area contributed by atoms with E-state index in [4.69, 9.17) is 4.42 Å². The number of aromatic nitrogens is 1. The van der Waals surface area contributed by atoms with Crippen LogP contribution in [0.15, 0.2) is 36.4 Å². The summed E-state index contributed by atoms with van der Waals surface area (Å²) < 4.78 is 7.37. The van der Waals surface area contributed by atoms with E-state index in [1.165, 1.54) is 0 Å². The van der Waals surface area contributed by atoms with E-state index < -0.39 is 0 Å². The van der Waals surface area contributed by atoms with Crippen molar-refractivity contribution in [2.75, 3.05) is 0 Å². The minimum Gasteiger partial charge on any atom is -0.436 e. The Morgan fingerprint density at radius 3 is 2.88 bits per heavy atom. The predicted octanol–water partition coefficient (Wildman–Crippen LogP) is 3.88. The van der Waals surface area contributed by atoms with E-state index in [1.54, 1.807) is 0 Å². The average molecular weight is 361 g/mol. The molecule has 3 rings (SSSR count). The van der Waals surface area contributed by atoms with Crippen molar-refractivity contribution in [1.82, 2.24) is 4.98 Å². The van der Waals surface area contributed by atoms with Gasteiger partial charge in [-0.3, -0.25) is 4.79 Å². The Bertz CT molecular complexity index is 719. The van der Waals surface area contributed by atoms with Gasteiger partial charge < -0.3 is 4.42 Å². The highest BCUT2D eigenvalue weighted by atomic mass is 79.9. The number of halogens is 2. The van der Waals surface area contributed by atoms with Crippen molar-refractivity contribution in [3.63, 3.8) is 0 Å². The fourth-order valence-electron chi connectivity index (χ4n) is 1.50. The fourth-order valence-corrected chi connectivity index (χ4v) is 3.51. The summed E-state index contributed by atoms with van der Waals surface area (Å²) in [5, 5.41) is 0.928. The van der Waals surface area contributed by atoms with Crippen LogP contribution < -0.4 is 4.87 Å². The summed E-state index contributed by atoms with van der Waals surface area (Å²) in [5.41, 5.74) is 0.695. The number of hydrogen-bond acceptors (Lipinski definition) is 4. The van der Waals surface area contributed by atoms with Crippen molar-refractivity contribution in [2.45, 2.75) is 0 Å². The quantitative estimate of drug-likeness (QED) is 0.611. The Morgan fingerprint density at radius 1 is 1.25 bits per heavy atom. The average Bonchev–Trinajstić information content (AvgIpc) is 2.54. The smallest absolute Gasteiger partial charge is 0.330 e. The molecule has 0 fully saturated rings. The highest BCUT2D eigenvalue weighted by Crippen LogP contribution is 2.34. The summed E-state index contributed by atoms with van der Waals surface area (Å²) in [6.07, 6.45) is 0. The standard InChI is InChI=1S/C10H3Br2NO2S/c11-5-1-4-2-7-9(13-10(14)16-7)15-8(4)6(12)3-5/h1-3H. The molecule has 3 nitrogen and oxygen atoms in total. The molecule has 0 bridgehead atoms. The van der Waals surface area contributed by atoms with Crippen LogP contribution in [0.3, 0.4) is 0 Å². The second kappa shape index (κ2) is 3.65. The number of rotatable bonds is 0. The molecule has 80 valence electrons. The Balaban J connectivity index is 2.52. The number of fused-ring (bicyclic) bond motifs is 2. The lowest BCUT2D eigenvalue weighted by Gasteiger charge is -2.03. The molecule has 0 aliphatic carbocycles. The first kappa shape index (κ1) is 10.4. The van der Waals surface area contributed by atoms with E-state index in [9.17, 15) is 4.79 Å². The van der Waals surface area contributed by atoms with E-state index in [1.807, 2.05) is 18.2 Å². The molecular weight excluding hydrogens is 358 g/mol. The molecule has 2 aliphatic heterocycles. The van der Waals surface area contributed by atoms with Crippen LogP contribution in [0.4, 0.5) is 0 Å². The molecule has 6 heteroatoms. The summed E-state index contributed by atoms with van der Waals surface area (Å²) in [7, 11) is 0. The summed E-state index contributed by atoms with van der Waals surface area (Å²) in [4.78, 5) is 15.5. The van der Waals surface area contributed by atoms with E-state index in [0.29, 0.717) is 11.5 Å². The van der Waals surface area contributed by atoms with Crippen LogP contribution in [0.25, 0.3) is 21.7 Å². The minimum absolute atomic E-state index is 0.232. The van der Waals surface area contributed by atoms with Gasteiger partial charge in [-0.2, -0.15) is 4.98 Å². The molecule has 0 saturated carbocycles. The molecule has 0 atom stereocenters. The van der Waals surface area contributed by atoms with Gasteiger partial charge in [-0.05, 0) is 34.1 Å². The first-order chi connectivity index (χ1) is 7.63. The Morgan fingerprint density at radius 2 is 2.06 bits per heavy atom. The third-order valence-electron chi connectivity index (χ3n) is 2.12. The van der Waals surface area contributed by atoms with Crippen LogP contribution >= 0.6 is 43.2 Å². The molecule has 16 heavy (non-hydrogen) atoms. The maximum atomic E-state index is 11.1. The van der Waals surface area contributed by atoms with Gasteiger partial charge in [0, 0.05) is 9.86 Å². The lowest BCUT2D eigenvalue weighted by Crippen LogP contribution is -1.90. The number of benzene rings is 1. The maximum absolute atomic E-state index is 11.1. The molecule has 0 N–H and O–H groups in total. The van der Waals surface area contributed by atoms with Crippen LogP contribution in [-0.2, 0) is 0 Å². The van der Waals surface area contributed by atoms with Crippen molar-refractivity contribution in [3.8, 4) is 10.8 Å². The van der Waals surface area contributed by atoms with Gasteiger partial charge in [0.25, 0.3) is 0 Å². The normalized spacial score (nSPS) is 11.4. The molecule has 0 saturated heterocycles. The summed E-state index contributed by atoms with van der Waals surface area (Å²) in [6.45, 7) is 0. The molecular formula is C10H3Br2NO2S. The van der Waals surface area contributed by atoms with Crippen LogP contribution in [-0.4, -0.2) is 4.98 Å². The zero-order valence-corrected chi connectivity index (χ0v) is 11.6. The van der Waals surface area contributed by atoms with Gasteiger partial charge >= 0.3 is 4.87 Å². The molecule has 2 heterocycles. The summed E-state index contributed by atoms with van der Waals surface area (Å²) >= 11 is 7.91. The monoisotopic (exact) mass is 359 g/mol. The first-order valence-corrected chi connectivity index (χ1v) is 6.73. The van der Waals surface area contributed by atoms with E-state index in [-0.39, 0.29) is 4.87 Å². The van der Waals surface area contributed by atoms with Crippen molar-refractivity contribution < 1.29 is 4.42 Å². The van der Waals surface area contributed by atoms with Crippen LogP contribution in [0, 0.1) is 0 Å². The van der Waals surface area contributed by atoms with Crippen LogP contribution in [0.2, 0.25) is 0 Å². The highest BCUT2D eigenvalue weighted by Gasteiger charge is 2.14. The number of thiazole rings is 1. The molecule has 0 unspecified atom stereocenters. The third kappa shape index (κ3) is 1.61. The zero-order chi connectivity index (χ0) is 11.3. The summed E-state index contributed by atoms with van der Waals surface area (Å²) in [5.74, 6) is 0.394. The molecule has 0 radical (unpaired) electrons. The van der Waals surface area contributed by atoms with Gasteiger partial charge in [0.1, 0.15) is 0 Å². The topological polar surface area (TPSA) is 43.1 Å². The van der Waals surface area contributed by atoms with Gasteiger partial charge in [0.05, 0.1) is 9.35 Å². The third-order valence-corrected chi connectivity index (χ3v) is 3.95. The largest absolute Gasteiger partial charge is 0.436 e. The highest BCUT2D eigenvalue weighted by molar-refractivity contribution is 9.11. The van der Waals surface area contributed by atoms with E-state index in [0.717, 1.165) is 30.5 Å². The Kier molecular flexibility index (Phi) is 2.38. The maximum Gasteiger partial charge on any atom is 0.330 e. The fraction of sp³-hybridized carbons (Fsp3) is 0. The van der Waals surface area contributed by atoms with Crippen LogP contribution in [0.1, 0.15) is 0 Å². The van der Waals surface area contributed by atoms with Gasteiger partial charge in [-0.25, -0.2) is 0 Å². The van der Waals surface area contributed by atoms with Gasteiger partial charge in [0.15, 0.2) is 5.58 Å². The first-order valence-electron chi connectivity index (χ1n) is 4.33. The number of nitrogens with zero attached hydrogens (tertiary/aromatic N) is 1. The molecule has 0 amide bonds. The molecule has 0 aromatic heterocycles. The second-order valence-electron chi connectivity index (χ2n) is 3.20. The van der Waals surface area contributed by atoms with Gasteiger partial charge in [0.2, 0.25) is 5.89 Å². The molecule has 2 aliphatic rings. The lowest BCUT2D eigenvalue weighted by atomic mass is 10.2. The van der Waals surface area contributed by atoms with Crippen molar-refractivity contribution in [3.05, 3.63) is 36.8 Å².